The Hall–Kier alpha value is -1.51. The fourth-order valence-electron chi connectivity index (χ4n) is 2.29. The van der Waals surface area contributed by atoms with E-state index >= 15 is 0 Å². The minimum Gasteiger partial charge on any atom is -0.384 e. The predicted octanol–water partition coefficient (Wildman–Crippen LogP) is 2.19. The van der Waals surface area contributed by atoms with Gasteiger partial charge in [-0.3, -0.25) is 4.79 Å². The molecule has 2 N–H and O–H groups in total. The molecule has 0 spiro atoms. The molecule has 5 heteroatoms. The van der Waals surface area contributed by atoms with Gasteiger partial charge in [-0.05, 0) is 43.7 Å². The normalized spacial score (nSPS) is 20.7. The number of aliphatic hydroxyl groups is 1. The van der Waals surface area contributed by atoms with E-state index in [2.05, 4.69) is 24.1 Å². The Bertz CT molecular complexity index is 586. The Morgan fingerprint density at radius 2 is 2.38 bits per heavy atom. The van der Waals surface area contributed by atoms with Crippen molar-refractivity contribution >= 4 is 17.7 Å². The third-order valence-electron chi connectivity index (χ3n) is 3.45. The quantitative estimate of drug-likeness (QED) is 0.842. The number of carbonyl (C=O) groups is 1. The Morgan fingerprint density at radius 3 is 3.05 bits per heavy atom. The molecule has 3 nitrogen and oxygen atoms in total. The van der Waals surface area contributed by atoms with Crippen molar-refractivity contribution in [2.45, 2.75) is 24.5 Å². The lowest BCUT2D eigenvalue weighted by atomic mass is 10.0. The van der Waals surface area contributed by atoms with Crippen molar-refractivity contribution in [2.24, 2.45) is 0 Å². The molecule has 1 aromatic rings. The summed E-state index contributed by atoms with van der Waals surface area (Å²) in [5, 5.41) is 11.6. The van der Waals surface area contributed by atoms with Gasteiger partial charge in [0.15, 0.2) is 0 Å². The lowest BCUT2D eigenvalue weighted by molar-refractivity contribution is 0.0949. The highest BCUT2D eigenvalue weighted by Gasteiger charge is 2.30. The fraction of sp³-hybridized carbons (Fsp3) is 0.438. The van der Waals surface area contributed by atoms with E-state index in [0.29, 0.717) is 12.1 Å². The first-order valence-electron chi connectivity index (χ1n) is 6.85. The van der Waals surface area contributed by atoms with Gasteiger partial charge >= 0.3 is 0 Å². The van der Waals surface area contributed by atoms with Gasteiger partial charge in [0.05, 0.1) is 5.56 Å². The average Bonchev–Trinajstić information content (AvgIpc) is 2.91. The standard InChI is InChI=1S/C16H18FNO2S/c1-16(7-3-9-21-16)11-18-15(20)14-10-13(17)6-5-12(14)4-2-8-19/h5-6,10,19H,3,7-9,11H2,1H3,(H,18,20). The van der Waals surface area contributed by atoms with E-state index in [-0.39, 0.29) is 22.8 Å². The number of hydrogen-bond acceptors (Lipinski definition) is 3. The molecule has 0 aliphatic carbocycles. The van der Waals surface area contributed by atoms with Crippen LogP contribution in [0.15, 0.2) is 18.2 Å². The first-order chi connectivity index (χ1) is 10.0. The number of thioether (sulfide) groups is 1. The van der Waals surface area contributed by atoms with Crippen molar-refractivity contribution in [3.63, 3.8) is 0 Å². The van der Waals surface area contributed by atoms with Crippen molar-refractivity contribution in [3.05, 3.63) is 35.1 Å². The minimum atomic E-state index is -0.476. The molecule has 0 saturated carbocycles. The van der Waals surface area contributed by atoms with Crippen LogP contribution in [0.3, 0.4) is 0 Å². The van der Waals surface area contributed by atoms with E-state index in [0.717, 1.165) is 18.6 Å². The maximum absolute atomic E-state index is 13.4. The van der Waals surface area contributed by atoms with E-state index < -0.39 is 5.82 Å². The van der Waals surface area contributed by atoms with Gasteiger partial charge in [0.2, 0.25) is 0 Å². The molecular weight excluding hydrogens is 289 g/mol. The summed E-state index contributed by atoms with van der Waals surface area (Å²) < 4.78 is 13.4. The minimum absolute atomic E-state index is 0.0555. The molecule has 1 aliphatic rings. The Kier molecular flexibility index (Phi) is 5.27. The summed E-state index contributed by atoms with van der Waals surface area (Å²) in [7, 11) is 0. The van der Waals surface area contributed by atoms with Gasteiger partial charge < -0.3 is 10.4 Å². The molecule has 2 rings (SSSR count). The first-order valence-corrected chi connectivity index (χ1v) is 7.84. The first kappa shape index (κ1) is 15.9. The van der Waals surface area contributed by atoms with Crippen LogP contribution in [0.25, 0.3) is 0 Å². The summed E-state index contributed by atoms with van der Waals surface area (Å²) in [6.45, 7) is 2.38. The highest BCUT2D eigenvalue weighted by atomic mass is 32.2. The van der Waals surface area contributed by atoms with Crippen LogP contribution in [0.4, 0.5) is 4.39 Å². The third-order valence-corrected chi connectivity index (χ3v) is 4.99. The van der Waals surface area contributed by atoms with Crippen LogP contribution in [-0.2, 0) is 0 Å². The summed E-state index contributed by atoms with van der Waals surface area (Å²) in [5.74, 6) is 5.47. The molecule has 1 unspecified atom stereocenters. The van der Waals surface area contributed by atoms with E-state index in [1.165, 1.54) is 18.2 Å². The monoisotopic (exact) mass is 307 g/mol. The molecule has 1 fully saturated rings. The van der Waals surface area contributed by atoms with Crippen molar-refractivity contribution in [2.75, 3.05) is 18.9 Å². The number of aliphatic hydroxyl groups excluding tert-OH is 1. The lowest BCUT2D eigenvalue weighted by Crippen LogP contribution is -2.37. The number of hydrogen-bond donors (Lipinski definition) is 2. The van der Waals surface area contributed by atoms with Gasteiger partial charge in [0, 0.05) is 16.9 Å². The highest BCUT2D eigenvalue weighted by Crippen LogP contribution is 2.37. The van der Waals surface area contributed by atoms with Gasteiger partial charge in [-0.25, -0.2) is 4.39 Å². The van der Waals surface area contributed by atoms with Crippen LogP contribution < -0.4 is 5.32 Å². The van der Waals surface area contributed by atoms with Gasteiger partial charge in [-0.2, -0.15) is 11.8 Å². The SMILES string of the molecule is CC1(CNC(=O)c2cc(F)ccc2C#CCO)CCCS1. The van der Waals surface area contributed by atoms with Crippen LogP contribution >= 0.6 is 11.8 Å². The second kappa shape index (κ2) is 6.97. The predicted molar refractivity (Wildman–Crippen MR) is 82.8 cm³/mol. The average molecular weight is 307 g/mol. The molecule has 1 aliphatic heterocycles. The molecule has 21 heavy (non-hydrogen) atoms. The zero-order valence-corrected chi connectivity index (χ0v) is 12.7. The van der Waals surface area contributed by atoms with Crippen LogP contribution in [0.1, 0.15) is 35.7 Å². The van der Waals surface area contributed by atoms with Gasteiger partial charge in [-0.1, -0.05) is 11.8 Å². The molecular formula is C16H18FNO2S. The molecule has 1 amide bonds. The topological polar surface area (TPSA) is 49.3 Å². The van der Waals surface area contributed by atoms with E-state index in [1.54, 1.807) is 0 Å². The van der Waals surface area contributed by atoms with Crippen molar-refractivity contribution in [1.82, 2.24) is 5.32 Å². The maximum atomic E-state index is 13.4. The summed E-state index contributed by atoms with van der Waals surface area (Å²) >= 11 is 1.85. The van der Waals surface area contributed by atoms with Crippen LogP contribution in [0.2, 0.25) is 0 Å². The number of halogens is 1. The Balaban J connectivity index is 2.12. The number of carbonyl (C=O) groups excluding carboxylic acids is 1. The number of amides is 1. The zero-order chi connectivity index (χ0) is 15.3. The molecule has 0 bridgehead atoms. The van der Waals surface area contributed by atoms with E-state index in [1.807, 2.05) is 11.8 Å². The molecule has 1 aromatic carbocycles. The summed E-state index contributed by atoms with van der Waals surface area (Å²) in [5.41, 5.74) is 0.634. The number of rotatable bonds is 3. The molecule has 1 saturated heterocycles. The van der Waals surface area contributed by atoms with Crippen molar-refractivity contribution in [1.29, 1.82) is 0 Å². The van der Waals surface area contributed by atoms with Crippen molar-refractivity contribution < 1.29 is 14.3 Å². The fourth-order valence-corrected chi connectivity index (χ4v) is 3.53. The lowest BCUT2D eigenvalue weighted by Gasteiger charge is -2.23. The maximum Gasteiger partial charge on any atom is 0.252 e. The number of benzene rings is 1. The smallest absolute Gasteiger partial charge is 0.252 e. The highest BCUT2D eigenvalue weighted by molar-refractivity contribution is 8.00. The second-order valence-electron chi connectivity index (χ2n) is 5.23. The molecule has 1 heterocycles. The zero-order valence-electron chi connectivity index (χ0n) is 11.9. The third kappa shape index (κ3) is 4.23. The van der Waals surface area contributed by atoms with Crippen molar-refractivity contribution in [3.8, 4) is 11.8 Å². The summed E-state index contributed by atoms with van der Waals surface area (Å²) in [4.78, 5) is 12.3. The molecule has 0 radical (unpaired) electrons. The molecule has 112 valence electrons. The Morgan fingerprint density at radius 1 is 1.57 bits per heavy atom. The largest absolute Gasteiger partial charge is 0.384 e. The van der Waals surface area contributed by atoms with E-state index in [9.17, 15) is 9.18 Å². The number of nitrogens with one attached hydrogen (secondary N) is 1. The Labute approximate surface area is 128 Å². The molecule has 0 aromatic heterocycles. The van der Waals surface area contributed by atoms with Crippen LogP contribution in [0.5, 0.6) is 0 Å². The van der Waals surface area contributed by atoms with Gasteiger partial charge in [0.1, 0.15) is 12.4 Å². The van der Waals surface area contributed by atoms with Crippen LogP contribution in [-0.4, -0.2) is 34.7 Å². The second-order valence-corrected chi connectivity index (χ2v) is 6.92. The van der Waals surface area contributed by atoms with E-state index in [4.69, 9.17) is 5.11 Å². The molecule has 1 atom stereocenters. The summed E-state index contributed by atoms with van der Waals surface area (Å²) in [6, 6.07) is 3.89. The van der Waals surface area contributed by atoms with Gasteiger partial charge in [0.25, 0.3) is 5.91 Å². The summed E-state index contributed by atoms with van der Waals surface area (Å²) in [6.07, 6.45) is 2.22. The van der Waals surface area contributed by atoms with Gasteiger partial charge in [-0.15, -0.1) is 0 Å². The van der Waals surface area contributed by atoms with Crippen LogP contribution in [0, 0.1) is 17.7 Å².